The normalized spacial score (nSPS) is 11.4. The van der Waals surface area contributed by atoms with E-state index < -0.39 is 0 Å². The van der Waals surface area contributed by atoms with Crippen molar-refractivity contribution in [2.45, 2.75) is 6.92 Å². The van der Waals surface area contributed by atoms with Gasteiger partial charge in [0, 0.05) is 29.0 Å². The van der Waals surface area contributed by atoms with Gasteiger partial charge in [0.1, 0.15) is 5.75 Å². The minimum atomic E-state index is 0.882. The van der Waals surface area contributed by atoms with E-state index in [1.165, 1.54) is 32.6 Å². The number of aryl methyl sites for hydroxylation is 1. The lowest BCUT2D eigenvalue weighted by molar-refractivity contribution is 0.415. The topological polar surface area (TPSA) is 37.0 Å². The van der Waals surface area contributed by atoms with Crippen molar-refractivity contribution in [3.8, 4) is 5.75 Å². The van der Waals surface area contributed by atoms with Gasteiger partial charge >= 0.3 is 0 Å². The number of methoxy groups -OCH3 is 1. The van der Waals surface area contributed by atoms with Gasteiger partial charge in [-0.15, -0.1) is 0 Å². The summed E-state index contributed by atoms with van der Waals surface area (Å²) < 4.78 is 5.40. The minimum absolute atomic E-state index is 0.882. The first kappa shape index (κ1) is 13.0. The average molecular weight is 290 g/mol. The van der Waals surface area contributed by atoms with Crippen LogP contribution in [0.5, 0.6) is 5.75 Å². The van der Waals surface area contributed by atoms with Crippen molar-refractivity contribution in [1.29, 1.82) is 0 Å². The molecule has 0 bridgehead atoms. The van der Waals surface area contributed by atoms with Crippen LogP contribution in [0.25, 0.3) is 32.6 Å². The molecule has 0 aliphatic rings. The van der Waals surface area contributed by atoms with Crippen molar-refractivity contribution >= 4 is 38.3 Å². The molecule has 2 N–H and O–H groups in total. The van der Waals surface area contributed by atoms with E-state index in [0.717, 1.165) is 17.0 Å². The monoisotopic (exact) mass is 290 g/mol. The lowest BCUT2D eigenvalue weighted by Crippen LogP contribution is -1.88. The quantitative estimate of drug-likeness (QED) is 0.554. The summed E-state index contributed by atoms with van der Waals surface area (Å²) >= 11 is 0. The number of rotatable bonds is 2. The highest BCUT2D eigenvalue weighted by molar-refractivity contribution is 6.21. The molecule has 3 aromatic carbocycles. The van der Waals surface area contributed by atoms with Crippen LogP contribution in [-0.2, 0) is 0 Å². The van der Waals surface area contributed by atoms with E-state index in [0.29, 0.717) is 0 Å². The van der Waals surface area contributed by atoms with Gasteiger partial charge in [0.15, 0.2) is 0 Å². The van der Waals surface area contributed by atoms with Crippen LogP contribution in [0.15, 0.2) is 42.5 Å². The second-order valence-corrected chi connectivity index (χ2v) is 5.67. The van der Waals surface area contributed by atoms with Crippen LogP contribution in [0.4, 0.5) is 5.69 Å². The highest BCUT2D eigenvalue weighted by Gasteiger charge is 2.12. The summed E-state index contributed by atoms with van der Waals surface area (Å²) in [5, 5.41) is 8.21. The van der Waals surface area contributed by atoms with E-state index in [-0.39, 0.29) is 0 Å². The number of benzene rings is 3. The van der Waals surface area contributed by atoms with Crippen molar-refractivity contribution in [1.82, 2.24) is 4.98 Å². The standard InChI is InChI=1S/C19H18N2O/c1-11-8-12-4-5-13(20-2)9-15(12)18-16-10-14(22-3)6-7-17(16)21-19(11)18/h4-10,20-21H,1-3H3. The van der Waals surface area contributed by atoms with Crippen LogP contribution in [0, 0.1) is 6.92 Å². The molecule has 1 heterocycles. The molecule has 1 aromatic heterocycles. The zero-order valence-corrected chi connectivity index (χ0v) is 12.9. The molecule has 4 rings (SSSR count). The van der Waals surface area contributed by atoms with E-state index in [9.17, 15) is 0 Å². The van der Waals surface area contributed by atoms with Gasteiger partial charge in [0.05, 0.1) is 12.6 Å². The van der Waals surface area contributed by atoms with E-state index in [2.05, 4.69) is 53.6 Å². The zero-order valence-electron chi connectivity index (χ0n) is 12.9. The van der Waals surface area contributed by atoms with Gasteiger partial charge in [0.2, 0.25) is 0 Å². The van der Waals surface area contributed by atoms with Gasteiger partial charge in [-0.25, -0.2) is 0 Å². The van der Waals surface area contributed by atoms with Crippen LogP contribution in [0.2, 0.25) is 0 Å². The molecular weight excluding hydrogens is 272 g/mol. The van der Waals surface area contributed by atoms with Gasteiger partial charge in [0.25, 0.3) is 0 Å². The van der Waals surface area contributed by atoms with E-state index in [1.807, 2.05) is 13.1 Å². The van der Waals surface area contributed by atoms with Crippen LogP contribution in [0.3, 0.4) is 0 Å². The summed E-state index contributed by atoms with van der Waals surface area (Å²) in [4.78, 5) is 3.55. The number of ether oxygens (including phenoxy) is 1. The fourth-order valence-electron chi connectivity index (χ4n) is 3.23. The summed E-state index contributed by atoms with van der Waals surface area (Å²) in [7, 11) is 3.66. The van der Waals surface area contributed by atoms with Gasteiger partial charge in [-0.05, 0) is 59.7 Å². The summed E-state index contributed by atoms with van der Waals surface area (Å²) in [5.74, 6) is 0.882. The zero-order chi connectivity index (χ0) is 15.3. The Morgan fingerprint density at radius 2 is 1.86 bits per heavy atom. The van der Waals surface area contributed by atoms with Gasteiger partial charge in [-0.1, -0.05) is 6.07 Å². The Balaban J connectivity index is 2.24. The molecule has 3 nitrogen and oxygen atoms in total. The number of anilines is 1. The van der Waals surface area contributed by atoms with Crippen molar-refractivity contribution in [2.24, 2.45) is 0 Å². The van der Waals surface area contributed by atoms with Crippen molar-refractivity contribution in [3.63, 3.8) is 0 Å². The molecule has 0 saturated carbocycles. The molecule has 0 radical (unpaired) electrons. The first-order valence-corrected chi connectivity index (χ1v) is 7.42. The Hall–Kier alpha value is -2.68. The minimum Gasteiger partial charge on any atom is -0.497 e. The number of H-pyrrole nitrogens is 1. The molecule has 110 valence electrons. The number of hydrogen-bond donors (Lipinski definition) is 2. The maximum atomic E-state index is 5.40. The summed E-state index contributed by atoms with van der Waals surface area (Å²) in [6, 6.07) is 14.9. The Labute approximate surface area is 128 Å². The molecule has 0 aliphatic carbocycles. The molecule has 22 heavy (non-hydrogen) atoms. The summed E-state index contributed by atoms with van der Waals surface area (Å²) in [6.45, 7) is 2.15. The number of aromatic nitrogens is 1. The fraction of sp³-hybridized carbons (Fsp3) is 0.158. The maximum Gasteiger partial charge on any atom is 0.119 e. The first-order valence-electron chi connectivity index (χ1n) is 7.42. The van der Waals surface area contributed by atoms with E-state index >= 15 is 0 Å². The predicted molar refractivity (Wildman–Crippen MR) is 94.1 cm³/mol. The Morgan fingerprint density at radius 1 is 1.00 bits per heavy atom. The molecule has 0 fully saturated rings. The Kier molecular flexibility index (Phi) is 2.76. The van der Waals surface area contributed by atoms with Gasteiger partial charge in [-0.3, -0.25) is 0 Å². The van der Waals surface area contributed by atoms with Crippen molar-refractivity contribution < 1.29 is 4.74 Å². The van der Waals surface area contributed by atoms with E-state index in [1.54, 1.807) is 7.11 Å². The summed E-state index contributed by atoms with van der Waals surface area (Å²) in [6.07, 6.45) is 0. The smallest absolute Gasteiger partial charge is 0.119 e. The van der Waals surface area contributed by atoms with Crippen LogP contribution >= 0.6 is 0 Å². The molecule has 0 unspecified atom stereocenters. The first-order chi connectivity index (χ1) is 10.7. The van der Waals surface area contributed by atoms with Crippen LogP contribution < -0.4 is 10.1 Å². The molecule has 0 amide bonds. The Morgan fingerprint density at radius 3 is 2.64 bits per heavy atom. The highest BCUT2D eigenvalue weighted by Crippen LogP contribution is 2.36. The third kappa shape index (κ3) is 1.75. The van der Waals surface area contributed by atoms with E-state index in [4.69, 9.17) is 4.74 Å². The second kappa shape index (κ2) is 4.67. The largest absolute Gasteiger partial charge is 0.497 e. The Bertz CT molecular complexity index is 1010. The molecular formula is C19H18N2O. The second-order valence-electron chi connectivity index (χ2n) is 5.67. The molecule has 4 aromatic rings. The molecule has 0 aliphatic heterocycles. The number of aromatic amines is 1. The fourth-order valence-corrected chi connectivity index (χ4v) is 3.23. The van der Waals surface area contributed by atoms with Crippen LogP contribution in [0.1, 0.15) is 5.56 Å². The van der Waals surface area contributed by atoms with Gasteiger partial charge < -0.3 is 15.0 Å². The average Bonchev–Trinajstić information content (AvgIpc) is 2.94. The lowest BCUT2D eigenvalue weighted by atomic mass is 10.00. The number of hydrogen-bond acceptors (Lipinski definition) is 2. The van der Waals surface area contributed by atoms with Crippen molar-refractivity contribution in [3.05, 3.63) is 48.0 Å². The van der Waals surface area contributed by atoms with Crippen LogP contribution in [-0.4, -0.2) is 19.1 Å². The lowest BCUT2D eigenvalue weighted by Gasteiger charge is -2.07. The molecule has 0 spiro atoms. The molecule has 3 heteroatoms. The molecule has 0 atom stereocenters. The SMILES string of the molecule is CNc1ccc2cc(C)c3[nH]c4ccc(OC)cc4c3c2c1. The van der Waals surface area contributed by atoms with Crippen molar-refractivity contribution in [2.75, 3.05) is 19.5 Å². The highest BCUT2D eigenvalue weighted by atomic mass is 16.5. The predicted octanol–water partition coefficient (Wildman–Crippen LogP) is 4.83. The summed E-state index contributed by atoms with van der Waals surface area (Å²) in [5.41, 5.74) is 4.72. The maximum absolute atomic E-state index is 5.40. The molecule has 0 saturated heterocycles. The number of nitrogens with one attached hydrogen (secondary N) is 2. The third-order valence-corrected chi connectivity index (χ3v) is 4.38. The number of fused-ring (bicyclic) bond motifs is 5. The van der Waals surface area contributed by atoms with Gasteiger partial charge in [-0.2, -0.15) is 0 Å². The third-order valence-electron chi connectivity index (χ3n) is 4.38.